The molecule has 5 aromatic rings. The van der Waals surface area contributed by atoms with Gasteiger partial charge in [0.15, 0.2) is 0 Å². The number of pyridine rings is 1. The van der Waals surface area contributed by atoms with Crippen molar-refractivity contribution >= 4 is 39.4 Å². The molecule has 3 aromatic carbocycles. The van der Waals surface area contributed by atoms with Gasteiger partial charge in [0.25, 0.3) is 0 Å². The van der Waals surface area contributed by atoms with Gasteiger partial charge in [-0.05, 0) is 74.9 Å². The number of fused-ring (bicyclic) bond motifs is 2. The summed E-state index contributed by atoms with van der Waals surface area (Å²) in [4.78, 5) is 31.2. The largest absolute Gasteiger partial charge is 0.487 e. The molecule has 3 heterocycles. The molecule has 1 aliphatic rings. The van der Waals surface area contributed by atoms with Crippen molar-refractivity contribution in [1.29, 1.82) is 0 Å². The van der Waals surface area contributed by atoms with E-state index in [-0.39, 0.29) is 37.6 Å². The predicted molar refractivity (Wildman–Crippen MR) is 182 cm³/mol. The van der Waals surface area contributed by atoms with Gasteiger partial charge in [0.2, 0.25) is 0 Å². The molecule has 2 N–H and O–H groups in total. The van der Waals surface area contributed by atoms with Crippen LogP contribution in [0.5, 0.6) is 5.75 Å². The molecular formula is C37H41N5O5. The first-order chi connectivity index (χ1) is 22.6. The molecular weight excluding hydrogens is 594 g/mol. The zero-order chi connectivity index (χ0) is 33.1. The summed E-state index contributed by atoms with van der Waals surface area (Å²) >= 11 is 0. The average Bonchev–Trinajstić information content (AvgIpc) is 3.63. The summed E-state index contributed by atoms with van der Waals surface area (Å²) in [7, 11) is 0. The second-order valence-electron chi connectivity index (χ2n) is 12.9. The summed E-state index contributed by atoms with van der Waals surface area (Å²) in [5, 5.41) is 8.01. The molecule has 0 radical (unpaired) electrons. The molecule has 0 saturated carbocycles. The Morgan fingerprint density at radius 1 is 0.979 bits per heavy atom. The maximum Gasteiger partial charge on any atom is 0.320 e. The molecule has 6 rings (SSSR count). The van der Waals surface area contributed by atoms with E-state index in [0.717, 1.165) is 57.0 Å². The van der Waals surface area contributed by atoms with Crippen molar-refractivity contribution in [2.75, 3.05) is 32.0 Å². The van der Waals surface area contributed by atoms with Crippen molar-refractivity contribution < 1.29 is 23.8 Å². The lowest BCUT2D eigenvalue weighted by Gasteiger charge is -2.22. The van der Waals surface area contributed by atoms with Gasteiger partial charge in [-0.25, -0.2) is 4.98 Å². The molecule has 1 fully saturated rings. The zero-order valence-corrected chi connectivity index (χ0v) is 27.4. The molecule has 0 amide bonds. The van der Waals surface area contributed by atoms with Gasteiger partial charge in [0.05, 0.1) is 31.1 Å². The van der Waals surface area contributed by atoms with Crippen molar-refractivity contribution in [2.24, 2.45) is 0 Å². The van der Waals surface area contributed by atoms with Crippen LogP contribution in [0.3, 0.4) is 0 Å². The number of ether oxygens (including phenoxy) is 3. The van der Waals surface area contributed by atoms with Crippen molar-refractivity contribution in [2.45, 2.75) is 58.8 Å². The Balaban J connectivity index is 1.34. The number of nitrogens with zero attached hydrogens (tertiary/aromatic N) is 4. The number of para-hydroxylation sites is 1. The lowest BCUT2D eigenvalue weighted by Crippen LogP contribution is -2.34. The Kier molecular flexibility index (Phi) is 9.13. The monoisotopic (exact) mass is 635 g/mol. The van der Waals surface area contributed by atoms with Crippen LogP contribution in [0, 0.1) is 0 Å². The second kappa shape index (κ2) is 13.4. The van der Waals surface area contributed by atoms with Crippen molar-refractivity contribution in [3.63, 3.8) is 0 Å². The molecule has 0 bridgehead atoms. The molecule has 10 heteroatoms. The van der Waals surface area contributed by atoms with E-state index in [2.05, 4.69) is 38.8 Å². The quantitative estimate of drug-likeness (QED) is 0.181. The smallest absolute Gasteiger partial charge is 0.320 e. The summed E-state index contributed by atoms with van der Waals surface area (Å²) in [6.45, 7) is 9.64. The van der Waals surface area contributed by atoms with E-state index in [4.69, 9.17) is 25.0 Å². The Morgan fingerprint density at radius 2 is 1.81 bits per heavy atom. The Labute approximate surface area is 274 Å². The fourth-order valence-corrected chi connectivity index (χ4v) is 6.25. The number of likely N-dealkylation sites (tertiary alicyclic amines) is 1. The van der Waals surface area contributed by atoms with E-state index in [1.165, 1.54) is 0 Å². The first-order valence-electron chi connectivity index (χ1n) is 16.0. The number of carbonyl (C=O) groups is 2. The zero-order valence-electron chi connectivity index (χ0n) is 27.4. The molecule has 1 atom stereocenters. The fraction of sp³-hybridized carbons (Fsp3) is 0.351. The van der Waals surface area contributed by atoms with Crippen molar-refractivity contribution in [3.8, 4) is 16.9 Å². The number of benzene rings is 3. The Bertz CT molecular complexity index is 1930. The molecule has 1 saturated heterocycles. The molecule has 1 aliphatic heterocycles. The highest BCUT2D eigenvalue weighted by Crippen LogP contribution is 2.35. The minimum Gasteiger partial charge on any atom is -0.487 e. The molecule has 2 aromatic heterocycles. The standard InChI is InChI=1S/C37H41N5O5/c1-5-45-34(43)20-25-9-6-7-12-33(25)46-23-31-30-19-24(27-10-8-11-29-28(27)15-17-39-36(29)38)13-14-32(30)42(40-31)26-16-18-41(21-26)22-35(44)47-37(2,3)4/h6-15,17,19,26H,5,16,18,20-23H2,1-4H3,(H2,38,39). The van der Waals surface area contributed by atoms with Gasteiger partial charge < -0.3 is 19.9 Å². The molecule has 244 valence electrons. The van der Waals surface area contributed by atoms with E-state index >= 15 is 0 Å². The number of anilines is 1. The fourth-order valence-electron chi connectivity index (χ4n) is 6.25. The number of nitrogens with two attached hydrogens (primary N) is 1. The summed E-state index contributed by atoms with van der Waals surface area (Å²) in [6.07, 6.45) is 2.70. The second-order valence-corrected chi connectivity index (χ2v) is 12.9. The van der Waals surface area contributed by atoms with Crippen LogP contribution in [0.25, 0.3) is 32.8 Å². The Morgan fingerprint density at radius 3 is 2.62 bits per heavy atom. The van der Waals surface area contributed by atoms with Crippen LogP contribution in [0.2, 0.25) is 0 Å². The van der Waals surface area contributed by atoms with Crippen LogP contribution in [0.4, 0.5) is 5.82 Å². The maximum absolute atomic E-state index is 12.6. The van der Waals surface area contributed by atoms with Gasteiger partial charge >= 0.3 is 11.9 Å². The van der Waals surface area contributed by atoms with E-state index < -0.39 is 5.60 Å². The molecule has 1 unspecified atom stereocenters. The molecule has 0 spiro atoms. The summed E-state index contributed by atoms with van der Waals surface area (Å²) < 4.78 is 19.2. The van der Waals surface area contributed by atoms with E-state index in [1.807, 2.05) is 63.2 Å². The summed E-state index contributed by atoms with van der Waals surface area (Å²) in [6, 6.07) is 22.0. The van der Waals surface area contributed by atoms with Crippen molar-refractivity contribution in [1.82, 2.24) is 19.7 Å². The van der Waals surface area contributed by atoms with Crippen LogP contribution in [-0.2, 0) is 32.1 Å². The number of hydrogen-bond donors (Lipinski definition) is 1. The summed E-state index contributed by atoms with van der Waals surface area (Å²) in [5.74, 6) is 0.576. The van der Waals surface area contributed by atoms with E-state index in [1.54, 1.807) is 13.1 Å². The van der Waals surface area contributed by atoms with Crippen molar-refractivity contribution in [3.05, 3.63) is 84.2 Å². The third-order valence-electron chi connectivity index (χ3n) is 8.27. The third kappa shape index (κ3) is 7.23. The van der Waals surface area contributed by atoms with Crippen LogP contribution in [0.15, 0.2) is 72.9 Å². The first-order valence-corrected chi connectivity index (χ1v) is 16.0. The van der Waals surface area contributed by atoms with Gasteiger partial charge in [0, 0.05) is 35.6 Å². The molecule has 47 heavy (non-hydrogen) atoms. The van der Waals surface area contributed by atoms with Gasteiger partial charge in [0.1, 0.15) is 29.5 Å². The predicted octanol–water partition coefficient (Wildman–Crippen LogP) is 6.11. The number of carbonyl (C=O) groups excluding carboxylic acids is 2. The van der Waals surface area contributed by atoms with Crippen LogP contribution in [-0.4, -0.2) is 63.4 Å². The normalized spacial score (nSPS) is 15.3. The van der Waals surface area contributed by atoms with Crippen LogP contribution >= 0.6 is 0 Å². The number of aromatic nitrogens is 3. The van der Waals surface area contributed by atoms with Gasteiger partial charge in [-0.15, -0.1) is 0 Å². The molecule has 0 aliphatic carbocycles. The topological polar surface area (TPSA) is 122 Å². The SMILES string of the molecule is CCOC(=O)Cc1ccccc1OCc1nn(C2CCN(CC(=O)OC(C)(C)C)C2)c2ccc(-c3cccc4c(N)nccc34)cc12. The number of hydrogen-bond acceptors (Lipinski definition) is 9. The van der Waals surface area contributed by atoms with Crippen LogP contribution in [0.1, 0.15) is 51.4 Å². The number of nitrogen functional groups attached to an aromatic ring is 1. The third-order valence-corrected chi connectivity index (χ3v) is 8.27. The minimum atomic E-state index is -0.526. The highest BCUT2D eigenvalue weighted by Gasteiger charge is 2.29. The molecule has 10 nitrogen and oxygen atoms in total. The van der Waals surface area contributed by atoms with E-state index in [0.29, 0.717) is 24.7 Å². The Hall–Kier alpha value is -4.96. The lowest BCUT2D eigenvalue weighted by molar-refractivity contribution is -0.155. The van der Waals surface area contributed by atoms with Gasteiger partial charge in [-0.3, -0.25) is 19.2 Å². The average molecular weight is 636 g/mol. The highest BCUT2D eigenvalue weighted by molar-refractivity contribution is 6.02. The minimum absolute atomic E-state index is 0.0686. The van der Waals surface area contributed by atoms with Gasteiger partial charge in [-0.1, -0.05) is 42.5 Å². The van der Waals surface area contributed by atoms with Gasteiger partial charge in [-0.2, -0.15) is 5.10 Å². The summed E-state index contributed by atoms with van der Waals surface area (Å²) in [5.41, 5.74) is 10.3. The number of esters is 2. The first kappa shape index (κ1) is 32.0. The van der Waals surface area contributed by atoms with Crippen LogP contribution < -0.4 is 10.5 Å². The highest BCUT2D eigenvalue weighted by atomic mass is 16.6. The number of rotatable bonds is 10. The maximum atomic E-state index is 12.6. The van der Waals surface area contributed by atoms with E-state index in [9.17, 15) is 9.59 Å². The lowest BCUT2D eigenvalue weighted by atomic mass is 9.97.